The van der Waals surface area contributed by atoms with Crippen molar-refractivity contribution in [1.82, 2.24) is 10.3 Å². The molecule has 2 rings (SSSR count). The highest BCUT2D eigenvalue weighted by atomic mass is 16.3. The largest absolute Gasteiger partial charge is 0.446 e. The molecule has 0 aromatic carbocycles. The Kier molecular flexibility index (Phi) is 3.38. The van der Waals surface area contributed by atoms with Gasteiger partial charge in [0.15, 0.2) is 0 Å². The number of rotatable bonds is 2. The fourth-order valence-electron chi connectivity index (χ4n) is 1.59. The van der Waals surface area contributed by atoms with Gasteiger partial charge in [0.05, 0.1) is 12.7 Å². The Morgan fingerprint density at radius 1 is 1.37 bits per heavy atom. The van der Waals surface area contributed by atoms with Gasteiger partial charge >= 0.3 is 0 Å². The van der Waals surface area contributed by atoms with Crippen molar-refractivity contribution in [3.63, 3.8) is 0 Å². The molecule has 0 fully saturated rings. The van der Waals surface area contributed by atoms with Crippen LogP contribution in [0.4, 0.5) is 0 Å². The van der Waals surface area contributed by atoms with E-state index in [-0.39, 0.29) is 18.2 Å². The number of nitrogens with one attached hydrogen (secondary N) is 1. The third-order valence-corrected chi connectivity index (χ3v) is 2.72. The fraction of sp³-hybridized carbons (Fsp3) is 0.357. The normalized spacial score (nSPS) is 11.5. The highest BCUT2D eigenvalue weighted by molar-refractivity contribution is 5.99. The molecule has 0 saturated heterocycles. The van der Waals surface area contributed by atoms with E-state index in [9.17, 15) is 9.59 Å². The van der Waals surface area contributed by atoms with Gasteiger partial charge in [-0.3, -0.25) is 14.9 Å². The quantitative estimate of drug-likeness (QED) is 0.897. The van der Waals surface area contributed by atoms with Gasteiger partial charge in [0, 0.05) is 22.6 Å². The second-order valence-corrected chi connectivity index (χ2v) is 5.42. The van der Waals surface area contributed by atoms with Crippen LogP contribution in [-0.2, 0) is 16.0 Å². The lowest BCUT2D eigenvalue weighted by atomic mass is 9.95. The number of amides is 2. The molecule has 100 valence electrons. The van der Waals surface area contributed by atoms with Gasteiger partial charge in [-0.1, -0.05) is 20.8 Å². The van der Waals surface area contributed by atoms with Crippen molar-refractivity contribution in [2.45, 2.75) is 27.2 Å². The van der Waals surface area contributed by atoms with Crippen LogP contribution in [0.25, 0.3) is 11.1 Å². The molecule has 1 N–H and O–H groups in total. The third-order valence-electron chi connectivity index (χ3n) is 2.72. The molecule has 0 saturated carbocycles. The van der Waals surface area contributed by atoms with Gasteiger partial charge in [0.1, 0.15) is 0 Å². The molecule has 0 spiro atoms. The van der Waals surface area contributed by atoms with E-state index in [1.54, 1.807) is 33.0 Å². The second-order valence-electron chi connectivity index (χ2n) is 5.42. The summed E-state index contributed by atoms with van der Waals surface area (Å²) >= 11 is 0. The first-order valence-corrected chi connectivity index (χ1v) is 6.03. The average molecular weight is 260 g/mol. The monoisotopic (exact) mass is 260 g/mol. The Morgan fingerprint density at radius 3 is 2.79 bits per heavy atom. The number of carbonyl (C=O) groups excluding carboxylic acids is 2. The van der Waals surface area contributed by atoms with Gasteiger partial charge in [-0.25, -0.2) is 4.98 Å². The maximum Gasteiger partial charge on any atom is 0.231 e. The Labute approximate surface area is 111 Å². The highest BCUT2D eigenvalue weighted by Gasteiger charge is 2.23. The molecule has 0 aliphatic rings. The van der Waals surface area contributed by atoms with Crippen LogP contribution in [0, 0.1) is 5.41 Å². The number of nitrogens with zero attached hydrogens (tertiary/aromatic N) is 1. The van der Waals surface area contributed by atoms with Crippen LogP contribution in [0.1, 0.15) is 26.3 Å². The number of aromatic nitrogens is 1. The zero-order valence-corrected chi connectivity index (χ0v) is 11.2. The Hall–Kier alpha value is -2.17. The highest BCUT2D eigenvalue weighted by Crippen LogP contribution is 2.19. The number of hydrogen-bond donors (Lipinski definition) is 1. The zero-order valence-electron chi connectivity index (χ0n) is 11.2. The van der Waals surface area contributed by atoms with E-state index in [2.05, 4.69) is 10.3 Å². The molecular weight excluding hydrogens is 244 g/mol. The minimum absolute atomic E-state index is 0.0977. The predicted octanol–water partition coefficient (Wildman–Crippen LogP) is 2.06. The van der Waals surface area contributed by atoms with E-state index in [1.807, 2.05) is 6.07 Å². The molecule has 0 radical (unpaired) electrons. The first-order valence-electron chi connectivity index (χ1n) is 6.03. The molecule has 5 nitrogen and oxygen atoms in total. The number of carbonyl (C=O) groups is 2. The molecule has 0 aliphatic carbocycles. The summed E-state index contributed by atoms with van der Waals surface area (Å²) in [4.78, 5) is 27.6. The lowest BCUT2D eigenvalue weighted by molar-refractivity contribution is -0.134. The van der Waals surface area contributed by atoms with Gasteiger partial charge in [0.25, 0.3) is 0 Å². The number of imide groups is 1. The first kappa shape index (κ1) is 13.3. The van der Waals surface area contributed by atoms with Crippen LogP contribution in [-0.4, -0.2) is 16.8 Å². The van der Waals surface area contributed by atoms with Crippen molar-refractivity contribution in [1.29, 1.82) is 0 Å². The van der Waals surface area contributed by atoms with E-state index in [0.29, 0.717) is 5.71 Å². The average Bonchev–Trinajstić information content (AvgIpc) is 2.71. The molecule has 5 heteroatoms. The van der Waals surface area contributed by atoms with Gasteiger partial charge in [-0.05, 0) is 12.1 Å². The molecule has 2 amide bonds. The molecule has 0 atom stereocenters. The predicted molar refractivity (Wildman–Crippen MR) is 70.3 cm³/mol. The maximum absolute atomic E-state index is 11.8. The van der Waals surface area contributed by atoms with Gasteiger partial charge in [-0.2, -0.15) is 0 Å². The lowest BCUT2D eigenvalue weighted by Gasteiger charge is -2.16. The summed E-state index contributed by atoms with van der Waals surface area (Å²) in [5.74, 6) is -0.630. The summed E-state index contributed by atoms with van der Waals surface area (Å²) in [5, 5.41) is 3.18. The number of fused-ring (bicyclic) bond motifs is 1. The summed E-state index contributed by atoms with van der Waals surface area (Å²) in [6.07, 6.45) is 3.22. The van der Waals surface area contributed by atoms with Crippen molar-refractivity contribution >= 4 is 22.9 Å². The Balaban J connectivity index is 2.09. The summed E-state index contributed by atoms with van der Waals surface area (Å²) in [6.45, 7) is 5.27. The SMILES string of the molecule is CC(C)(C)C(=O)NC(=O)Cc1coc2ncccc12. The maximum atomic E-state index is 11.8. The summed E-state index contributed by atoms with van der Waals surface area (Å²) < 4.78 is 5.25. The van der Waals surface area contributed by atoms with E-state index >= 15 is 0 Å². The van der Waals surface area contributed by atoms with Crippen molar-refractivity contribution in [3.8, 4) is 0 Å². The van der Waals surface area contributed by atoms with E-state index in [1.165, 1.54) is 6.26 Å². The minimum atomic E-state index is -0.588. The second kappa shape index (κ2) is 4.84. The van der Waals surface area contributed by atoms with Crippen LogP contribution in [0.3, 0.4) is 0 Å². The Morgan fingerprint density at radius 2 is 2.11 bits per heavy atom. The summed E-state index contributed by atoms with van der Waals surface area (Å²) in [5.41, 5.74) is 0.630. The first-order chi connectivity index (χ1) is 8.88. The summed E-state index contributed by atoms with van der Waals surface area (Å²) in [6, 6.07) is 3.61. The summed E-state index contributed by atoms with van der Waals surface area (Å²) in [7, 11) is 0. The molecule has 2 heterocycles. The van der Waals surface area contributed by atoms with Gasteiger partial charge in [0.2, 0.25) is 17.5 Å². The van der Waals surface area contributed by atoms with E-state index < -0.39 is 5.41 Å². The zero-order chi connectivity index (χ0) is 14.0. The van der Waals surface area contributed by atoms with Gasteiger partial charge < -0.3 is 4.42 Å². The molecule has 2 aromatic rings. The molecule has 2 aromatic heterocycles. The third kappa shape index (κ3) is 2.99. The Bertz CT molecular complexity index is 623. The molecule has 0 bridgehead atoms. The molecule has 0 unspecified atom stereocenters. The van der Waals surface area contributed by atoms with Crippen molar-refractivity contribution < 1.29 is 14.0 Å². The standard InChI is InChI=1S/C14H16N2O3/c1-14(2,3)13(18)16-11(17)7-9-8-19-12-10(9)5-4-6-15-12/h4-6,8H,7H2,1-3H3,(H,16,17,18). The lowest BCUT2D eigenvalue weighted by Crippen LogP contribution is -2.39. The van der Waals surface area contributed by atoms with Crippen LogP contribution in [0.5, 0.6) is 0 Å². The van der Waals surface area contributed by atoms with Crippen molar-refractivity contribution in [3.05, 3.63) is 30.2 Å². The molecule has 0 aliphatic heterocycles. The van der Waals surface area contributed by atoms with E-state index in [4.69, 9.17) is 4.42 Å². The van der Waals surface area contributed by atoms with Crippen molar-refractivity contribution in [2.24, 2.45) is 5.41 Å². The smallest absolute Gasteiger partial charge is 0.231 e. The number of pyridine rings is 1. The number of furan rings is 1. The van der Waals surface area contributed by atoms with Crippen molar-refractivity contribution in [2.75, 3.05) is 0 Å². The van der Waals surface area contributed by atoms with Crippen LogP contribution < -0.4 is 5.32 Å². The van der Waals surface area contributed by atoms with Crippen LogP contribution >= 0.6 is 0 Å². The minimum Gasteiger partial charge on any atom is -0.446 e. The molecular formula is C14H16N2O3. The topological polar surface area (TPSA) is 72.2 Å². The van der Waals surface area contributed by atoms with E-state index in [0.717, 1.165) is 10.9 Å². The van der Waals surface area contributed by atoms with Gasteiger partial charge in [-0.15, -0.1) is 0 Å². The van der Waals surface area contributed by atoms with Crippen LogP contribution in [0.15, 0.2) is 29.0 Å². The van der Waals surface area contributed by atoms with Crippen LogP contribution in [0.2, 0.25) is 0 Å². The number of hydrogen-bond acceptors (Lipinski definition) is 4. The fourth-order valence-corrected chi connectivity index (χ4v) is 1.59. The molecule has 19 heavy (non-hydrogen) atoms.